The molecular formula is C17H15FN2O4S2. The molecule has 1 aromatic heterocycles. The van der Waals surface area contributed by atoms with Crippen molar-refractivity contribution in [2.24, 2.45) is 0 Å². The Bertz CT molecular complexity index is 1050. The van der Waals surface area contributed by atoms with E-state index >= 15 is 0 Å². The standard InChI is InChI=1S/C17H15FN2O4S2/c18-14-4-2-1-3-13(14)16(17(21)19-22)20-26(23,24)10-11-5-6-15-12(9-11)7-8-25-15/h1-9,16,20,22H,10H2,(H,19,21). The maximum atomic E-state index is 14.0. The molecule has 1 atom stereocenters. The molecule has 0 saturated heterocycles. The molecule has 1 amide bonds. The zero-order chi connectivity index (χ0) is 18.7. The lowest BCUT2D eigenvalue weighted by Gasteiger charge is -2.18. The van der Waals surface area contributed by atoms with Gasteiger partial charge in [0.05, 0.1) is 5.75 Å². The van der Waals surface area contributed by atoms with Crippen molar-refractivity contribution in [2.45, 2.75) is 11.8 Å². The molecule has 136 valence electrons. The van der Waals surface area contributed by atoms with Crippen LogP contribution >= 0.6 is 11.3 Å². The van der Waals surface area contributed by atoms with Crippen LogP contribution in [0.3, 0.4) is 0 Å². The van der Waals surface area contributed by atoms with Gasteiger partial charge in [-0.3, -0.25) is 10.0 Å². The molecule has 0 fully saturated rings. The Hall–Kier alpha value is -2.33. The summed E-state index contributed by atoms with van der Waals surface area (Å²) in [5.74, 6) is -2.22. The molecule has 26 heavy (non-hydrogen) atoms. The Morgan fingerprint density at radius 2 is 1.96 bits per heavy atom. The van der Waals surface area contributed by atoms with Gasteiger partial charge in [-0.25, -0.2) is 18.3 Å². The Morgan fingerprint density at radius 3 is 2.69 bits per heavy atom. The third-order valence-electron chi connectivity index (χ3n) is 3.76. The summed E-state index contributed by atoms with van der Waals surface area (Å²) in [5, 5.41) is 11.7. The van der Waals surface area contributed by atoms with Crippen LogP contribution in [0.5, 0.6) is 0 Å². The molecule has 0 aliphatic heterocycles. The summed E-state index contributed by atoms with van der Waals surface area (Å²) in [4.78, 5) is 11.9. The van der Waals surface area contributed by atoms with Crippen molar-refractivity contribution < 1.29 is 22.8 Å². The molecule has 0 aliphatic carbocycles. The summed E-state index contributed by atoms with van der Waals surface area (Å²) in [5.41, 5.74) is 1.71. The lowest BCUT2D eigenvalue weighted by Crippen LogP contribution is -2.40. The van der Waals surface area contributed by atoms with E-state index in [-0.39, 0.29) is 11.3 Å². The van der Waals surface area contributed by atoms with E-state index < -0.39 is 27.8 Å². The molecule has 1 heterocycles. The fourth-order valence-electron chi connectivity index (χ4n) is 2.58. The second kappa shape index (κ2) is 7.50. The number of amides is 1. The highest BCUT2D eigenvalue weighted by Gasteiger charge is 2.28. The second-order valence-electron chi connectivity index (χ2n) is 5.60. The molecule has 3 N–H and O–H groups in total. The van der Waals surface area contributed by atoms with Gasteiger partial charge in [-0.1, -0.05) is 24.3 Å². The average molecular weight is 394 g/mol. The fraction of sp³-hybridized carbons (Fsp3) is 0.118. The first-order valence-electron chi connectivity index (χ1n) is 7.54. The molecule has 0 saturated carbocycles. The third kappa shape index (κ3) is 4.07. The molecule has 6 nitrogen and oxygen atoms in total. The molecule has 0 bridgehead atoms. The van der Waals surface area contributed by atoms with Crippen LogP contribution in [0.1, 0.15) is 17.2 Å². The summed E-state index contributed by atoms with van der Waals surface area (Å²) in [6, 6.07) is 10.8. The number of hydrogen-bond acceptors (Lipinski definition) is 5. The molecule has 1 unspecified atom stereocenters. The summed E-state index contributed by atoms with van der Waals surface area (Å²) >= 11 is 1.54. The van der Waals surface area contributed by atoms with Gasteiger partial charge in [0, 0.05) is 10.3 Å². The van der Waals surface area contributed by atoms with Crippen molar-refractivity contribution in [3.63, 3.8) is 0 Å². The first-order chi connectivity index (χ1) is 12.4. The van der Waals surface area contributed by atoms with Crippen LogP contribution < -0.4 is 10.2 Å². The van der Waals surface area contributed by atoms with Crippen LogP contribution in [0.15, 0.2) is 53.9 Å². The van der Waals surface area contributed by atoms with Crippen molar-refractivity contribution in [1.29, 1.82) is 0 Å². The second-order valence-corrected chi connectivity index (χ2v) is 8.30. The molecule has 3 aromatic rings. The smallest absolute Gasteiger partial charge is 0.266 e. The number of thiophene rings is 1. The van der Waals surface area contributed by atoms with Gasteiger partial charge in [-0.2, -0.15) is 4.72 Å². The van der Waals surface area contributed by atoms with Crippen LogP contribution in [0.4, 0.5) is 4.39 Å². The average Bonchev–Trinajstić information content (AvgIpc) is 3.07. The molecule has 2 aromatic carbocycles. The Labute approximate surface area is 153 Å². The van der Waals surface area contributed by atoms with E-state index in [1.165, 1.54) is 23.7 Å². The quantitative estimate of drug-likeness (QED) is 0.442. The predicted molar refractivity (Wildman–Crippen MR) is 96.7 cm³/mol. The lowest BCUT2D eigenvalue weighted by atomic mass is 10.1. The molecule has 0 spiro atoms. The number of hydrogen-bond donors (Lipinski definition) is 3. The van der Waals surface area contributed by atoms with Gasteiger partial charge in [-0.05, 0) is 40.6 Å². The van der Waals surface area contributed by atoms with Crippen molar-refractivity contribution in [3.8, 4) is 0 Å². The highest BCUT2D eigenvalue weighted by molar-refractivity contribution is 7.88. The minimum Gasteiger partial charge on any atom is -0.289 e. The van der Waals surface area contributed by atoms with E-state index in [9.17, 15) is 17.6 Å². The van der Waals surface area contributed by atoms with Crippen molar-refractivity contribution in [2.75, 3.05) is 0 Å². The molecule has 0 radical (unpaired) electrons. The molecular weight excluding hydrogens is 379 g/mol. The fourth-order valence-corrected chi connectivity index (χ4v) is 4.64. The lowest BCUT2D eigenvalue weighted by molar-refractivity contribution is -0.131. The van der Waals surface area contributed by atoms with Crippen molar-refractivity contribution in [3.05, 3.63) is 70.9 Å². The highest BCUT2D eigenvalue weighted by Crippen LogP contribution is 2.23. The summed E-state index contributed by atoms with van der Waals surface area (Å²) in [7, 11) is -3.99. The highest BCUT2D eigenvalue weighted by atomic mass is 32.2. The van der Waals surface area contributed by atoms with Crippen LogP contribution in [0, 0.1) is 5.82 Å². The Morgan fingerprint density at radius 1 is 1.19 bits per heavy atom. The first kappa shape index (κ1) is 18.5. The van der Waals surface area contributed by atoms with E-state index in [1.807, 2.05) is 17.5 Å². The maximum Gasteiger partial charge on any atom is 0.266 e. The van der Waals surface area contributed by atoms with Crippen LogP contribution in [0.2, 0.25) is 0 Å². The topological polar surface area (TPSA) is 95.5 Å². The number of rotatable bonds is 6. The van der Waals surface area contributed by atoms with Gasteiger partial charge in [-0.15, -0.1) is 11.3 Å². The van der Waals surface area contributed by atoms with E-state index in [4.69, 9.17) is 5.21 Å². The monoisotopic (exact) mass is 394 g/mol. The van der Waals surface area contributed by atoms with E-state index in [0.717, 1.165) is 16.2 Å². The molecule has 3 rings (SSSR count). The normalized spacial score (nSPS) is 12.8. The SMILES string of the molecule is O=C(NO)C(NS(=O)(=O)Cc1ccc2sccc2c1)c1ccccc1F. The zero-order valence-corrected chi connectivity index (χ0v) is 15.0. The molecule has 9 heteroatoms. The number of carbonyl (C=O) groups excluding carboxylic acids is 1. The van der Waals surface area contributed by atoms with Crippen molar-refractivity contribution in [1.82, 2.24) is 10.2 Å². The Balaban J connectivity index is 1.87. The number of sulfonamides is 1. The number of fused-ring (bicyclic) bond motifs is 1. The third-order valence-corrected chi connectivity index (χ3v) is 5.97. The van der Waals surface area contributed by atoms with Gasteiger partial charge in [0.25, 0.3) is 5.91 Å². The number of nitrogens with one attached hydrogen (secondary N) is 2. The summed E-state index contributed by atoms with van der Waals surface area (Å²) in [6.45, 7) is 0. The van der Waals surface area contributed by atoms with Crippen LogP contribution in [-0.4, -0.2) is 19.5 Å². The van der Waals surface area contributed by atoms with Gasteiger partial charge in [0.2, 0.25) is 10.0 Å². The largest absolute Gasteiger partial charge is 0.289 e. The summed E-state index contributed by atoms with van der Waals surface area (Å²) < 4.78 is 42.2. The van der Waals surface area contributed by atoms with Gasteiger partial charge in [0.15, 0.2) is 0 Å². The summed E-state index contributed by atoms with van der Waals surface area (Å²) in [6.07, 6.45) is 0. The zero-order valence-electron chi connectivity index (χ0n) is 13.3. The van der Waals surface area contributed by atoms with Crippen molar-refractivity contribution >= 4 is 37.4 Å². The number of carbonyl (C=O) groups is 1. The van der Waals surface area contributed by atoms with Crippen LogP contribution in [-0.2, 0) is 20.6 Å². The number of halogens is 1. The minimum atomic E-state index is -3.99. The Kier molecular flexibility index (Phi) is 5.33. The maximum absolute atomic E-state index is 14.0. The van der Waals surface area contributed by atoms with E-state index in [1.54, 1.807) is 23.5 Å². The van der Waals surface area contributed by atoms with E-state index in [2.05, 4.69) is 4.72 Å². The van der Waals surface area contributed by atoms with Crippen LogP contribution in [0.25, 0.3) is 10.1 Å². The van der Waals surface area contributed by atoms with Gasteiger partial charge >= 0.3 is 0 Å². The minimum absolute atomic E-state index is 0.184. The number of hydroxylamine groups is 1. The molecule has 0 aliphatic rings. The predicted octanol–water partition coefficient (Wildman–Crippen LogP) is 2.71. The number of benzene rings is 2. The first-order valence-corrected chi connectivity index (χ1v) is 10.1. The van der Waals surface area contributed by atoms with Gasteiger partial charge in [0.1, 0.15) is 11.9 Å². The van der Waals surface area contributed by atoms with Gasteiger partial charge < -0.3 is 0 Å². The van der Waals surface area contributed by atoms with E-state index in [0.29, 0.717) is 5.56 Å².